The standard InChI is InChI=1S/C18H21N5O3/c1-11-8-13(21-20-11)12-4-5-14(16(9-12)22(2)10-24)23(3)15-6-7-17(25)19-18(15)26/h4-5,8-10,15H,6-7H2,1-3H3,(H,20,21)(H,19,25,26). The van der Waals surface area contributed by atoms with Gasteiger partial charge in [-0.3, -0.25) is 24.8 Å². The minimum absolute atomic E-state index is 0.255. The van der Waals surface area contributed by atoms with E-state index in [-0.39, 0.29) is 11.8 Å². The van der Waals surface area contributed by atoms with E-state index >= 15 is 0 Å². The summed E-state index contributed by atoms with van der Waals surface area (Å²) in [5, 5.41) is 9.52. The highest BCUT2D eigenvalue weighted by Gasteiger charge is 2.31. The van der Waals surface area contributed by atoms with Gasteiger partial charge in [0.2, 0.25) is 18.2 Å². The minimum atomic E-state index is -0.468. The number of carbonyl (C=O) groups excluding carboxylic acids is 3. The molecule has 1 aromatic heterocycles. The van der Waals surface area contributed by atoms with Crippen molar-refractivity contribution in [1.82, 2.24) is 15.5 Å². The lowest BCUT2D eigenvalue weighted by atomic mass is 10.0. The molecular weight excluding hydrogens is 334 g/mol. The smallest absolute Gasteiger partial charge is 0.249 e. The van der Waals surface area contributed by atoms with Gasteiger partial charge in [-0.2, -0.15) is 5.10 Å². The van der Waals surface area contributed by atoms with Gasteiger partial charge in [-0.1, -0.05) is 6.07 Å². The van der Waals surface area contributed by atoms with Gasteiger partial charge >= 0.3 is 0 Å². The maximum atomic E-state index is 12.2. The zero-order chi connectivity index (χ0) is 18.8. The Labute approximate surface area is 151 Å². The Kier molecular flexibility index (Phi) is 4.75. The number of aromatic amines is 1. The molecular formula is C18H21N5O3. The summed E-state index contributed by atoms with van der Waals surface area (Å²) in [5.41, 5.74) is 3.96. The van der Waals surface area contributed by atoms with Gasteiger partial charge < -0.3 is 9.80 Å². The highest BCUT2D eigenvalue weighted by molar-refractivity contribution is 6.02. The molecule has 1 aliphatic rings. The third-order valence-electron chi connectivity index (χ3n) is 4.57. The quantitative estimate of drug-likeness (QED) is 0.621. The Morgan fingerprint density at radius 3 is 2.58 bits per heavy atom. The topological polar surface area (TPSA) is 98.4 Å². The van der Waals surface area contributed by atoms with E-state index < -0.39 is 6.04 Å². The summed E-state index contributed by atoms with van der Waals surface area (Å²) in [6.07, 6.45) is 1.45. The zero-order valence-electron chi connectivity index (χ0n) is 14.9. The largest absolute Gasteiger partial charge is 0.361 e. The van der Waals surface area contributed by atoms with Crippen molar-refractivity contribution in [3.63, 3.8) is 0 Å². The summed E-state index contributed by atoms with van der Waals surface area (Å²) < 4.78 is 0. The molecule has 8 nitrogen and oxygen atoms in total. The summed E-state index contributed by atoms with van der Waals surface area (Å²) in [6, 6.07) is 7.07. The number of imide groups is 1. The number of likely N-dealkylation sites (N-methyl/N-ethyl adjacent to an activating group) is 1. The van der Waals surface area contributed by atoms with E-state index in [2.05, 4.69) is 15.5 Å². The molecule has 136 valence electrons. The average molecular weight is 355 g/mol. The van der Waals surface area contributed by atoms with Gasteiger partial charge in [-0.25, -0.2) is 0 Å². The molecule has 2 N–H and O–H groups in total. The van der Waals surface area contributed by atoms with Crippen LogP contribution in [-0.4, -0.2) is 48.6 Å². The van der Waals surface area contributed by atoms with Crippen molar-refractivity contribution in [1.29, 1.82) is 0 Å². The molecule has 0 aliphatic carbocycles. The number of rotatable bonds is 5. The average Bonchev–Trinajstić information content (AvgIpc) is 3.06. The van der Waals surface area contributed by atoms with Crippen LogP contribution in [0.3, 0.4) is 0 Å². The van der Waals surface area contributed by atoms with E-state index in [1.165, 1.54) is 4.90 Å². The second kappa shape index (κ2) is 6.99. The van der Waals surface area contributed by atoms with Gasteiger partial charge in [-0.15, -0.1) is 0 Å². The number of aryl methyl sites for hydroxylation is 1. The molecule has 1 aliphatic heterocycles. The van der Waals surface area contributed by atoms with E-state index in [0.29, 0.717) is 18.5 Å². The molecule has 2 heterocycles. The van der Waals surface area contributed by atoms with Crippen molar-refractivity contribution in [2.75, 3.05) is 23.9 Å². The molecule has 1 aromatic carbocycles. The van der Waals surface area contributed by atoms with Crippen LogP contribution in [0.1, 0.15) is 18.5 Å². The lowest BCUT2D eigenvalue weighted by Crippen LogP contribution is -2.51. The highest BCUT2D eigenvalue weighted by atomic mass is 16.2. The van der Waals surface area contributed by atoms with Crippen LogP contribution in [0, 0.1) is 6.92 Å². The number of piperidine rings is 1. The summed E-state index contributed by atoms with van der Waals surface area (Å²) in [6.45, 7) is 1.92. The third-order valence-corrected chi connectivity index (χ3v) is 4.57. The van der Waals surface area contributed by atoms with Crippen molar-refractivity contribution < 1.29 is 14.4 Å². The van der Waals surface area contributed by atoms with Crippen LogP contribution < -0.4 is 15.1 Å². The molecule has 0 bridgehead atoms. The second-order valence-electron chi connectivity index (χ2n) is 6.43. The number of hydrogen-bond acceptors (Lipinski definition) is 5. The van der Waals surface area contributed by atoms with E-state index in [9.17, 15) is 14.4 Å². The summed E-state index contributed by atoms with van der Waals surface area (Å²) in [7, 11) is 3.44. The molecule has 2 aromatic rings. The van der Waals surface area contributed by atoms with Gasteiger partial charge in [0.05, 0.1) is 17.1 Å². The summed E-state index contributed by atoms with van der Waals surface area (Å²) in [5.74, 6) is -0.579. The van der Waals surface area contributed by atoms with Crippen LogP contribution >= 0.6 is 0 Å². The summed E-state index contributed by atoms with van der Waals surface area (Å²) >= 11 is 0. The van der Waals surface area contributed by atoms with Crippen LogP contribution in [0.5, 0.6) is 0 Å². The number of amides is 3. The van der Waals surface area contributed by atoms with Gasteiger partial charge in [0, 0.05) is 31.8 Å². The first-order valence-corrected chi connectivity index (χ1v) is 8.32. The molecule has 3 rings (SSSR count). The van der Waals surface area contributed by atoms with E-state index in [0.717, 1.165) is 29.0 Å². The Morgan fingerprint density at radius 2 is 1.96 bits per heavy atom. The van der Waals surface area contributed by atoms with E-state index in [1.54, 1.807) is 19.0 Å². The van der Waals surface area contributed by atoms with Crippen LogP contribution in [0.25, 0.3) is 11.3 Å². The molecule has 1 fully saturated rings. The maximum Gasteiger partial charge on any atom is 0.249 e. The number of benzene rings is 1. The number of H-pyrrole nitrogens is 1. The van der Waals surface area contributed by atoms with Crippen LogP contribution in [-0.2, 0) is 14.4 Å². The zero-order valence-corrected chi connectivity index (χ0v) is 14.9. The molecule has 1 unspecified atom stereocenters. The number of carbonyl (C=O) groups is 3. The Bertz CT molecular complexity index is 860. The van der Waals surface area contributed by atoms with E-state index in [1.807, 2.05) is 31.2 Å². The van der Waals surface area contributed by atoms with Crippen LogP contribution in [0.2, 0.25) is 0 Å². The van der Waals surface area contributed by atoms with Crippen LogP contribution in [0.4, 0.5) is 11.4 Å². The molecule has 0 radical (unpaired) electrons. The van der Waals surface area contributed by atoms with Gasteiger partial charge in [0.1, 0.15) is 6.04 Å². The number of hydrogen-bond donors (Lipinski definition) is 2. The Balaban J connectivity index is 1.99. The number of aromatic nitrogens is 2. The SMILES string of the molecule is Cc1cc(-c2ccc(N(C)C3CCC(=O)NC3=O)c(N(C)C=O)c2)n[nH]1. The molecule has 3 amide bonds. The molecule has 1 saturated heterocycles. The predicted octanol–water partition coefficient (Wildman–Crippen LogP) is 1.22. The third kappa shape index (κ3) is 3.30. The van der Waals surface area contributed by atoms with Crippen molar-refractivity contribution in [2.24, 2.45) is 0 Å². The first-order chi connectivity index (χ1) is 12.4. The number of anilines is 2. The lowest BCUT2D eigenvalue weighted by Gasteiger charge is -2.33. The summed E-state index contributed by atoms with van der Waals surface area (Å²) in [4.78, 5) is 38.2. The molecule has 1 atom stereocenters. The van der Waals surface area contributed by atoms with Crippen molar-refractivity contribution in [3.8, 4) is 11.3 Å². The highest BCUT2D eigenvalue weighted by Crippen LogP contribution is 2.34. The van der Waals surface area contributed by atoms with Crippen molar-refractivity contribution in [3.05, 3.63) is 30.0 Å². The van der Waals surface area contributed by atoms with Crippen molar-refractivity contribution >= 4 is 29.6 Å². The maximum absolute atomic E-state index is 12.2. The molecule has 8 heteroatoms. The molecule has 0 spiro atoms. The van der Waals surface area contributed by atoms with Gasteiger partial charge in [0.25, 0.3) is 0 Å². The predicted molar refractivity (Wildman–Crippen MR) is 97.8 cm³/mol. The monoisotopic (exact) mass is 355 g/mol. The normalized spacial score (nSPS) is 17.0. The Hall–Kier alpha value is -3.16. The fourth-order valence-electron chi connectivity index (χ4n) is 3.11. The fourth-order valence-corrected chi connectivity index (χ4v) is 3.11. The minimum Gasteiger partial charge on any atom is -0.361 e. The van der Waals surface area contributed by atoms with Gasteiger partial charge in [0.15, 0.2) is 0 Å². The number of nitrogens with zero attached hydrogens (tertiary/aromatic N) is 3. The first-order valence-electron chi connectivity index (χ1n) is 8.32. The first kappa shape index (κ1) is 17.7. The molecule has 0 saturated carbocycles. The second-order valence-corrected chi connectivity index (χ2v) is 6.43. The fraction of sp³-hybridized carbons (Fsp3) is 0.333. The lowest BCUT2D eigenvalue weighted by molar-refractivity contribution is -0.134. The van der Waals surface area contributed by atoms with E-state index in [4.69, 9.17) is 0 Å². The van der Waals surface area contributed by atoms with Crippen LogP contribution in [0.15, 0.2) is 24.3 Å². The Morgan fingerprint density at radius 1 is 1.19 bits per heavy atom. The van der Waals surface area contributed by atoms with Gasteiger partial charge in [-0.05, 0) is 31.5 Å². The van der Waals surface area contributed by atoms with Crippen molar-refractivity contribution in [2.45, 2.75) is 25.8 Å². The number of nitrogens with one attached hydrogen (secondary N) is 2. The molecule has 26 heavy (non-hydrogen) atoms.